The van der Waals surface area contributed by atoms with Crippen LogP contribution < -0.4 is 0 Å². The van der Waals surface area contributed by atoms with Gasteiger partial charge in [0.15, 0.2) is 18.2 Å². The molecule has 2 N–H and O–H groups in total. The molecule has 2 aliphatic carbocycles. The zero-order valence-corrected chi connectivity index (χ0v) is 26.1. The van der Waals surface area contributed by atoms with Crippen molar-refractivity contribution in [2.45, 2.75) is 117 Å². The van der Waals surface area contributed by atoms with Gasteiger partial charge in [-0.25, -0.2) is 4.79 Å². The summed E-state index contributed by atoms with van der Waals surface area (Å²) in [7, 11) is 0. The van der Waals surface area contributed by atoms with Gasteiger partial charge in [0.1, 0.15) is 12.2 Å². The maximum atomic E-state index is 12.6. The van der Waals surface area contributed by atoms with Gasteiger partial charge in [0.05, 0.1) is 13.2 Å². The molecule has 0 aromatic heterocycles. The number of carbonyl (C=O) groups is 2. The van der Waals surface area contributed by atoms with E-state index in [0.717, 1.165) is 49.7 Å². The summed E-state index contributed by atoms with van der Waals surface area (Å²) >= 11 is 0. The van der Waals surface area contributed by atoms with E-state index in [4.69, 9.17) is 14.2 Å². The largest absolute Gasteiger partial charge is 0.454 e. The number of rotatable bonds is 14. The summed E-state index contributed by atoms with van der Waals surface area (Å²) in [5.41, 5.74) is 5.02. The lowest BCUT2D eigenvalue weighted by Gasteiger charge is -2.37. The van der Waals surface area contributed by atoms with E-state index in [0.29, 0.717) is 37.4 Å². The molecule has 7 heteroatoms. The molecule has 0 radical (unpaired) electrons. The molecular formula is C35H52O7. The average molecular weight is 585 g/mol. The molecule has 3 rings (SSSR count). The summed E-state index contributed by atoms with van der Waals surface area (Å²) < 4.78 is 16.9. The van der Waals surface area contributed by atoms with Crippen LogP contribution in [0.1, 0.15) is 91.9 Å². The molecule has 234 valence electrons. The first-order chi connectivity index (χ1) is 20.0. The van der Waals surface area contributed by atoms with Crippen molar-refractivity contribution in [3.63, 3.8) is 0 Å². The van der Waals surface area contributed by atoms with Crippen LogP contribution >= 0.6 is 0 Å². The van der Waals surface area contributed by atoms with Crippen LogP contribution in [0.15, 0.2) is 59.3 Å². The Morgan fingerprint density at radius 2 is 1.81 bits per heavy atom. The molecule has 0 amide bonds. The lowest BCUT2D eigenvalue weighted by Crippen LogP contribution is -2.55. The Morgan fingerprint density at radius 3 is 2.45 bits per heavy atom. The second-order valence-corrected chi connectivity index (χ2v) is 12.7. The summed E-state index contributed by atoms with van der Waals surface area (Å²) in [5.74, 6) is 0.671. The van der Waals surface area contributed by atoms with Crippen LogP contribution in [0.2, 0.25) is 0 Å². The van der Waals surface area contributed by atoms with Crippen molar-refractivity contribution in [1.82, 2.24) is 0 Å². The molecule has 0 bridgehead atoms. The molecule has 1 saturated heterocycles. The molecule has 0 aromatic carbocycles. The van der Waals surface area contributed by atoms with Crippen LogP contribution in [0, 0.1) is 17.8 Å². The first kappa shape index (κ1) is 34.2. The summed E-state index contributed by atoms with van der Waals surface area (Å²) in [5, 5.41) is 21.2. The summed E-state index contributed by atoms with van der Waals surface area (Å²) in [6.07, 6.45) is 10.5. The maximum absolute atomic E-state index is 12.6. The quantitative estimate of drug-likeness (QED) is 0.140. The van der Waals surface area contributed by atoms with Crippen molar-refractivity contribution in [2.24, 2.45) is 17.8 Å². The molecule has 1 aliphatic heterocycles. The maximum Gasteiger partial charge on any atom is 0.333 e. The first-order valence-electron chi connectivity index (χ1n) is 15.6. The Morgan fingerprint density at radius 1 is 1.10 bits per heavy atom. The third-order valence-electron chi connectivity index (χ3n) is 8.96. The van der Waals surface area contributed by atoms with E-state index in [9.17, 15) is 19.8 Å². The second-order valence-electron chi connectivity index (χ2n) is 12.7. The Hall–Kier alpha value is -2.32. The number of hydrogen-bond donors (Lipinski definition) is 2. The minimum Gasteiger partial charge on any atom is -0.454 e. The van der Waals surface area contributed by atoms with E-state index in [1.165, 1.54) is 17.6 Å². The fourth-order valence-corrected chi connectivity index (χ4v) is 5.81. The number of ether oxygens (including phenoxy) is 3. The lowest BCUT2D eigenvalue weighted by atomic mass is 9.83. The van der Waals surface area contributed by atoms with Crippen LogP contribution in [0.25, 0.3) is 0 Å². The van der Waals surface area contributed by atoms with Crippen molar-refractivity contribution >= 4 is 11.8 Å². The van der Waals surface area contributed by atoms with Gasteiger partial charge in [-0.15, -0.1) is 0 Å². The summed E-state index contributed by atoms with van der Waals surface area (Å²) in [6.45, 7) is 16.2. The topological polar surface area (TPSA) is 102 Å². The van der Waals surface area contributed by atoms with E-state index >= 15 is 0 Å². The standard InChI is InChI=1S/C35H52O7/c1-22(2)27-15-13-26(14-16-27)11-7-9-24(5)20-40-35-33(38)32(37)31(21-41-35)42-34(39)25(6)10-8-12-28-17-18-29(23(3)4)19-30(28)36/h10,13,17,24,27,29,31-33,35,37-38H,1,3,7-9,11-12,14-16,18-21H2,2,4-6H3/b25-10+/t24-,27+,29-,31-,32+,33-,35-/m1/s1. The van der Waals surface area contributed by atoms with Gasteiger partial charge in [-0.2, -0.15) is 0 Å². The predicted molar refractivity (Wildman–Crippen MR) is 164 cm³/mol. The van der Waals surface area contributed by atoms with Crippen molar-refractivity contribution in [2.75, 3.05) is 13.2 Å². The molecule has 42 heavy (non-hydrogen) atoms. The summed E-state index contributed by atoms with van der Waals surface area (Å²) in [6, 6.07) is 0. The van der Waals surface area contributed by atoms with Gasteiger partial charge >= 0.3 is 5.97 Å². The molecule has 7 atom stereocenters. The number of allylic oxidation sites excluding steroid dienone is 7. The normalized spacial score (nSPS) is 29.4. The highest BCUT2D eigenvalue weighted by atomic mass is 16.7. The van der Waals surface area contributed by atoms with Crippen molar-refractivity contribution < 1.29 is 34.0 Å². The van der Waals surface area contributed by atoms with Crippen LogP contribution in [0.3, 0.4) is 0 Å². The number of carbonyl (C=O) groups excluding carboxylic acids is 2. The van der Waals surface area contributed by atoms with Crippen molar-refractivity contribution in [1.29, 1.82) is 0 Å². The van der Waals surface area contributed by atoms with Gasteiger partial charge in [0, 0.05) is 12.0 Å². The molecule has 1 fully saturated rings. The molecule has 0 saturated carbocycles. The molecule has 3 aliphatic rings. The highest BCUT2D eigenvalue weighted by Crippen LogP contribution is 2.31. The van der Waals surface area contributed by atoms with Crippen LogP contribution in [-0.4, -0.2) is 59.8 Å². The number of Topliss-reactive ketones (excluding diaryl/α,β-unsaturated/α-hetero) is 1. The average Bonchev–Trinajstić information content (AvgIpc) is 2.96. The fraction of sp³-hybridized carbons (Fsp3) is 0.657. The van der Waals surface area contributed by atoms with E-state index in [1.54, 1.807) is 13.0 Å². The molecule has 0 aromatic rings. The van der Waals surface area contributed by atoms with Crippen molar-refractivity contribution in [3.05, 3.63) is 59.3 Å². The monoisotopic (exact) mass is 584 g/mol. The third-order valence-corrected chi connectivity index (χ3v) is 8.96. The van der Waals surface area contributed by atoms with E-state index in [-0.39, 0.29) is 24.2 Å². The minimum atomic E-state index is -1.33. The van der Waals surface area contributed by atoms with Gasteiger partial charge in [0.2, 0.25) is 0 Å². The predicted octanol–water partition coefficient (Wildman–Crippen LogP) is 6.31. The molecule has 1 heterocycles. The SMILES string of the molecule is C=C(C)[C@@H]1CC=C(CC/C=C(\C)C(=O)O[C@@H]2CO[C@@H](OC[C@H](C)CCCC3=CC[C@H](C(=C)C)CC3)[C@H](O)[C@H]2O)C(=O)C1. The number of esters is 1. The Bertz CT molecular complexity index is 1070. The van der Waals surface area contributed by atoms with Crippen LogP contribution in [-0.2, 0) is 23.8 Å². The number of ketones is 1. The van der Waals surface area contributed by atoms with Crippen LogP contribution in [0.5, 0.6) is 0 Å². The smallest absolute Gasteiger partial charge is 0.333 e. The molecular weight excluding hydrogens is 532 g/mol. The molecule has 0 unspecified atom stereocenters. The number of hydrogen-bond acceptors (Lipinski definition) is 7. The van der Waals surface area contributed by atoms with E-state index in [2.05, 4.69) is 33.1 Å². The van der Waals surface area contributed by atoms with Gasteiger partial charge in [-0.3, -0.25) is 4.79 Å². The number of aliphatic hydroxyl groups is 2. The van der Waals surface area contributed by atoms with Crippen molar-refractivity contribution in [3.8, 4) is 0 Å². The lowest BCUT2D eigenvalue weighted by molar-refractivity contribution is -0.275. The first-order valence-corrected chi connectivity index (χ1v) is 15.6. The number of aliphatic hydroxyl groups excluding tert-OH is 2. The zero-order valence-electron chi connectivity index (χ0n) is 26.1. The van der Waals surface area contributed by atoms with E-state index in [1.807, 2.05) is 13.0 Å². The Balaban J connectivity index is 1.35. The van der Waals surface area contributed by atoms with Crippen LogP contribution in [0.4, 0.5) is 0 Å². The fourth-order valence-electron chi connectivity index (χ4n) is 5.81. The van der Waals surface area contributed by atoms with Gasteiger partial charge in [-0.05, 0) is 102 Å². The van der Waals surface area contributed by atoms with E-state index < -0.39 is 30.6 Å². The highest BCUT2D eigenvalue weighted by Gasteiger charge is 2.41. The Labute approximate surface area is 252 Å². The Kier molecular flexibility index (Phi) is 13.4. The summed E-state index contributed by atoms with van der Waals surface area (Å²) in [4.78, 5) is 25.0. The zero-order chi connectivity index (χ0) is 30.8. The van der Waals surface area contributed by atoms with Gasteiger partial charge < -0.3 is 24.4 Å². The van der Waals surface area contributed by atoms with Gasteiger partial charge in [-0.1, -0.05) is 55.0 Å². The minimum absolute atomic E-state index is 0.0686. The molecule has 0 spiro atoms. The van der Waals surface area contributed by atoms with Gasteiger partial charge in [0.25, 0.3) is 0 Å². The molecule has 7 nitrogen and oxygen atoms in total. The second kappa shape index (κ2) is 16.5. The third kappa shape index (κ3) is 10.1. The highest BCUT2D eigenvalue weighted by molar-refractivity contribution is 5.96.